The second-order valence-corrected chi connectivity index (χ2v) is 4.99. The molecule has 2 N–H and O–H groups in total. The van der Waals surface area contributed by atoms with E-state index in [2.05, 4.69) is 5.32 Å². The Labute approximate surface area is 128 Å². The van der Waals surface area contributed by atoms with E-state index in [1.54, 1.807) is 0 Å². The summed E-state index contributed by atoms with van der Waals surface area (Å²) in [4.78, 5) is 10.4. The van der Waals surface area contributed by atoms with Gasteiger partial charge in [0.25, 0.3) is 0 Å². The Hall–Kier alpha value is -2.04. The van der Waals surface area contributed by atoms with Crippen LogP contribution in [0.3, 0.4) is 0 Å². The summed E-state index contributed by atoms with van der Waals surface area (Å²) in [6, 6.07) is 15.1. The molecule has 0 fully saturated rings. The summed E-state index contributed by atoms with van der Waals surface area (Å²) in [5, 5.41) is 12.1. The molecule has 0 heterocycles. The molecule has 0 aliphatic carbocycles. The van der Waals surface area contributed by atoms with Gasteiger partial charge in [-0.15, -0.1) is 0 Å². The molecule has 4 nitrogen and oxygen atoms in total. The first kappa shape index (κ1) is 15.4. The van der Waals surface area contributed by atoms with Gasteiger partial charge in [0.05, 0.1) is 6.54 Å². The van der Waals surface area contributed by atoms with Gasteiger partial charge >= 0.3 is 5.97 Å². The van der Waals surface area contributed by atoms with E-state index in [1.165, 1.54) is 0 Å². The minimum atomic E-state index is -0.863. The van der Waals surface area contributed by atoms with E-state index in [1.807, 2.05) is 48.5 Å². The lowest BCUT2D eigenvalue weighted by Crippen LogP contribution is -2.21. The van der Waals surface area contributed by atoms with Crippen LogP contribution >= 0.6 is 11.6 Å². The fraction of sp³-hybridized carbons (Fsp3) is 0.188. The van der Waals surface area contributed by atoms with Crippen LogP contribution in [0.2, 0.25) is 5.02 Å². The lowest BCUT2D eigenvalue weighted by atomic mass is 10.2. The smallest absolute Gasteiger partial charge is 0.317 e. The van der Waals surface area contributed by atoms with Gasteiger partial charge in [-0.2, -0.15) is 0 Å². The molecule has 0 atom stereocenters. The second-order valence-electron chi connectivity index (χ2n) is 4.56. The topological polar surface area (TPSA) is 58.6 Å². The first-order valence-electron chi connectivity index (χ1n) is 6.52. The van der Waals surface area contributed by atoms with Crippen molar-refractivity contribution in [3.8, 4) is 5.75 Å². The van der Waals surface area contributed by atoms with Crippen molar-refractivity contribution >= 4 is 17.6 Å². The number of halogens is 1. The summed E-state index contributed by atoms with van der Waals surface area (Å²) in [7, 11) is 0. The Morgan fingerprint density at radius 3 is 2.29 bits per heavy atom. The molecule has 0 saturated carbocycles. The predicted octanol–water partition coefficient (Wildman–Crippen LogP) is 3.09. The van der Waals surface area contributed by atoms with Gasteiger partial charge < -0.3 is 15.2 Å². The van der Waals surface area contributed by atoms with E-state index in [4.69, 9.17) is 21.4 Å². The number of carbonyl (C=O) groups is 1. The number of ether oxygens (including phenoxy) is 1. The standard InChI is InChI=1S/C16H16ClNO3/c17-14-5-1-13(2-6-14)11-21-15-7-3-12(4-8-15)9-18-10-16(19)20/h1-8,18H,9-11H2,(H,19,20). The van der Waals surface area contributed by atoms with E-state index in [0.29, 0.717) is 18.2 Å². The molecular weight excluding hydrogens is 290 g/mol. The van der Waals surface area contributed by atoms with Crippen LogP contribution in [0.5, 0.6) is 5.75 Å². The summed E-state index contributed by atoms with van der Waals surface area (Å²) < 4.78 is 5.67. The monoisotopic (exact) mass is 305 g/mol. The number of benzene rings is 2. The maximum atomic E-state index is 10.4. The maximum Gasteiger partial charge on any atom is 0.317 e. The van der Waals surface area contributed by atoms with Gasteiger partial charge in [0.1, 0.15) is 12.4 Å². The number of nitrogens with one attached hydrogen (secondary N) is 1. The van der Waals surface area contributed by atoms with Crippen LogP contribution in [0.4, 0.5) is 0 Å². The number of hydrogen-bond acceptors (Lipinski definition) is 3. The highest BCUT2D eigenvalue weighted by molar-refractivity contribution is 6.30. The zero-order chi connectivity index (χ0) is 15.1. The number of carboxylic acids is 1. The molecule has 2 aromatic carbocycles. The number of carboxylic acid groups (broad SMARTS) is 1. The third-order valence-electron chi connectivity index (χ3n) is 2.85. The highest BCUT2D eigenvalue weighted by Crippen LogP contribution is 2.15. The molecule has 0 aromatic heterocycles. The average Bonchev–Trinajstić information content (AvgIpc) is 2.48. The third kappa shape index (κ3) is 5.45. The Kier molecular flexibility index (Phi) is 5.60. The van der Waals surface area contributed by atoms with Gasteiger partial charge in [-0.05, 0) is 35.4 Å². The lowest BCUT2D eigenvalue weighted by molar-refractivity contribution is -0.135. The van der Waals surface area contributed by atoms with Crippen LogP contribution in [-0.2, 0) is 17.9 Å². The lowest BCUT2D eigenvalue weighted by Gasteiger charge is -2.08. The zero-order valence-corrected chi connectivity index (χ0v) is 12.1. The van der Waals surface area contributed by atoms with E-state index >= 15 is 0 Å². The van der Waals surface area contributed by atoms with Crippen molar-refractivity contribution in [1.29, 1.82) is 0 Å². The van der Waals surface area contributed by atoms with Crippen molar-refractivity contribution in [2.45, 2.75) is 13.2 Å². The molecule has 0 bridgehead atoms. The molecule has 2 aromatic rings. The summed E-state index contributed by atoms with van der Waals surface area (Å²) in [6.45, 7) is 0.951. The molecule has 2 rings (SSSR count). The highest BCUT2D eigenvalue weighted by atomic mass is 35.5. The van der Waals surface area contributed by atoms with Crippen LogP contribution in [0.25, 0.3) is 0 Å². The minimum Gasteiger partial charge on any atom is -0.489 e. The molecule has 0 radical (unpaired) electrons. The van der Waals surface area contributed by atoms with Gasteiger partial charge in [-0.25, -0.2) is 0 Å². The summed E-state index contributed by atoms with van der Waals surface area (Å²) in [6.07, 6.45) is 0. The van der Waals surface area contributed by atoms with Gasteiger partial charge in [-0.1, -0.05) is 35.9 Å². The average molecular weight is 306 g/mol. The van der Waals surface area contributed by atoms with Crippen LogP contribution in [0, 0.1) is 0 Å². The number of aliphatic carboxylic acids is 1. The van der Waals surface area contributed by atoms with Crippen molar-refractivity contribution in [3.05, 3.63) is 64.7 Å². The van der Waals surface area contributed by atoms with Crippen molar-refractivity contribution in [1.82, 2.24) is 5.32 Å². The van der Waals surface area contributed by atoms with Crippen molar-refractivity contribution in [2.75, 3.05) is 6.54 Å². The zero-order valence-electron chi connectivity index (χ0n) is 11.4. The largest absolute Gasteiger partial charge is 0.489 e. The summed E-state index contributed by atoms with van der Waals surface area (Å²) >= 11 is 5.82. The predicted molar refractivity (Wildman–Crippen MR) is 81.6 cm³/mol. The summed E-state index contributed by atoms with van der Waals surface area (Å²) in [5.74, 6) is -0.0927. The Morgan fingerprint density at radius 1 is 1.05 bits per heavy atom. The van der Waals surface area contributed by atoms with Gasteiger partial charge in [0.2, 0.25) is 0 Å². The normalized spacial score (nSPS) is 10.3. The van der Waals surface area contributed by atoms with E-state index in [-0.39, 0.29) is 6.54 Å². The minimum absolute atomic E-state index is 0.0468. The summed E-state index contributed by atoms with van der Waals surface area (Å²) in [5.41, 5.74) is 2.06. The van der Waals surface area contributed by atoms with Crippen molar-refractivity contribution in [2.24, 2.45) is 0 Å². The first-order valence-corrected chi connectivity index (χ1v) is 6.90. The molecule has 110 valence electrons. The fourth-order valence-corrected chi connectivity index (χ4v) is 1.89. The second kappa shape index (κ2) is 7.67. The Bertz CT molecular complexity index is 581. The van der Waals surface area contributed by atoms with Crippen LogP contribution in [0.15, 0.2) is 48.5 Å². The third-order valence-corrected chi connectivity index (χ3v) is 3.10. The highest BCUT2D eigenvalue weighted by Gasteiger charge is 1.99. The molecule has 0 spiro atoms. The van der Waals surface area contributed by atoms with E-state index in [9.17, 15) is 4.79 Å². The molecule has 0 saturated heterocycles. The van der Waals surface area contributed by atoms with Crippen molar-refractivity contribution in [3.63, 3.8) is 0 Å². The quantitative estimate of drug-likeness (QED) is 0.825. The number of rotatable bonds is 7. The fourth-order valence-electron chi connectivity index (χ4n) is 1.76. The first-order chi connectivity index (χ1) is 10.1. The van der Waals surface area contributed by atoms with Crippen molar-refractivity contribution < 1.29 is 14.6 Å². The van der Waals surface area contributed by atoms with Crippen LogP contribution < -0.4 is 10.1 Å². The van der Waals surface area contributed by atoms with E-state index in [0.717, 1.165) is 16.9 Å². The Balaban J connectivity index is 1.81. The molecule has 0 aliphatic rings. The molecule has 0 amide bonds. The molecule has 0 unspecified atom stereocenters. The number of hydrogen-bond donors (Lipinski definition) is 2. The molecule has 5 heteroatoms. The maximum absolute atomic E-state index is 10.4. The molecule has 21 heavy (non-hydrogen) atoms. The van der Waals surface area contributed by atoms with Gasteiger partial charge in [0, 0.05) is 11.6 Å². The van der Waals surface area contributed by atoms with Crippen LogP contribution in [-0.4, -0.2) is 17.6 Å². The SMILES string of the molecule is O=C(O)CNCc1ccc(OCc2ccc(Cl)cc2)cc1. The van der Waals surface area contributed by atoms with Crippen LogP contribution in [0.1, 0.15) is 11.1 Å². The molecular formula is C16H16ClNO3. The van der Waals surface area contributed by atoms with Gasteiger partial charge in [-0.3, -0.25) is 4.79 Å². The van der Waals surface area contributed by atoms with Gasteiger partial charge in [0.15, 0.2) is 0 Å². The Morgan fingerprint density at radius 2 is 1.67 bits per heavy atom. The molecule has 0 aliphatic heterocycles. The van der Waals surface area contributed by atoms with E-state index < -0.39 is 5.97 Å².